The first-order valence-electron chi connectivity index (χ1n) is 6.99. The van der Waals surface area contributed by atoms with Crippen molar-refractivity contribution >= 4 is 17.7 Å². The minimum Gasteiger partial charge on any atom is -0.384 e. The SMILES string of the molecule is COCC1(C(=O)N(C)Cc2cccc(SC)c2)CCC1. The van der Waals surface area contributed by atoms with E-state index in [1.807, 2.05) is 18.0 Å². The number of amides is 1. The maximum atomic E-state index is 12.6. The molecule has 1 aromatic carbocycles. The molecular formula is C16H23NO2S. The van der Waals surface area contributed by atoms with Gasteiger partial charge in [0.25, 0.3) is 0 Å². The fourth-order valence-corrected chi connectivity index (χ4v) is 3.31. The van der Waals surface area contributed by atoms with Gasteiger partial charge in [0.2, 0.25) is 5.91 Å². The second-order valence-corrected chi connectivity index (χ2v) is 6.46. The topological polar surface area (TPSA) is 29.5 Å². The van der Waals surface area contributed by atoms with Crippen molar-refractivity contribution in [2.75, 3.05) is 27.0 Å². The van der Waals surface area contributed by atoms with Crippen molar-refractivity contribution in [2.24, 2.45) is 5.41 Å². The summed E-state index contributed by atoms with van der Waals surface area (Å²) in [6.45, 7) is 1.21. The molecule has 20 heavy (non-hydrogen) atoms. The Morgan fingerprint density at radius 2 is 2.20 bits per heavy atom. The van der Waals surface area contributed by atoms with Gasteiger partial charge in [0.15, 0.2) is 0 Å². The van der Waals surface area contributed by atoms with Crippen LogP contribution in [0.5, 0.6) is 0 Å². The van der Waals surface area contributed by atoms with Gasteiger partial charge in [-0.3, -0.25) is 4.79 Å². The van der Waals surface area contributed by atoms with Crippen LogP contribution in [0.3, 0.4) is 0 Å². The number of carbonyl (C=O) groups excluding carboxylic acids is 1. The molecule has 0 N–H and O–H groups in total. The molecule has 1 fully saturated rings. The third kappa shape index (κ3) is 3.18. The molecule has 0 radical (unpaired) electrons. The Morgan fingerprint density at radius 1 is 1.45 bits per heavy atom. The highest BCUT2D eigenvalue weighted by molar-refractivity contribution is 7.98. The summed E-state index contributed by atoms with van der Waals surface area (Å²) in [6, 6.07) is 8.37. The second kappa shape index (κ2) is 6.64. The van der Waals surface area contributed by atoms with Gasteiger partial charge >= 0.3 is 0 Å². The monoisotopic (exact) mass is 293 g/mol. The largest absolute Gasteiger partial charge is 0.384 e. The van der Waals surface area contributed by atoms with E-state index in [9.17, 15) is 4.79 Å². The van der Waals surface area contributed by atoms with Crippen molar-refractivity contribution in [3.05, 3.63) is 29.8 Å². The summed E-state index contributed by atoms with van der Waals surface area (Å²) < 4.78 is 5.26. The number of nitrogens with zero attached hydrogens (tertiary/aromatic N) is 1. The van der Waals surface area contributed by atoms with E-state index in [0.29, 0.717) is 13.2 Å². The highest BCUT2D eigenvalue weighted by Gasteiger charge is 2.45. The first-order valence-corrected chi connectivity index (χ1v) is 8.21. The Bertz CT molecular complexity index is 471. The number of carbonyl (C=O) groups is 1. The van der Waals surface area contributed by atoms with Crippen LogP contribution in [0.2, 0.25) is 0 Å². The van der Waals surface area contributed by atoms with Gasteiger partial charge in [-0.25, -0.2) is 0 Å². The minimum atomic E-state index is -0.263. The number of thioether (sulfide) groups is 1. The molecule has 0 aliphatic heterocycles. The van der Waals surface area contributed by atoms with Gasteiger partial charge in [-0.2, -0.15) is 0 Å². The molecule has 1 aromatic rings. The molecule has 4 heteroatoms. The predicted octanol–water partition coefficient (Wildman–Crippen LogP) is 3.18. The van der Waals surface area contributed by atoms with Crippen LogP contribution in [-0.2, 0) is 16.1 Å². The fourth-order valence-electron chi connectivity index (χ4n) is 2.82. The molecule has 1 aliphatic rings. The molecule has 3 nitrogen and oxygen atoms in total. The van der Waals surface area contributed by atoms with Crippen LogP contribution in [0.15, 0.2) is 29.2 Å². The number of benzene rings is 1. The van der Waals surface area contributed by atoms with Crippen LogP contribution in [0.25, 0.3) is 0 Å². The molecule has 2 rings (SSSR count). The molecule has 0 aromatic heterocycles. The molecule has 0 heterocycles. The average molecular weight is 293 g/mol. The second-order valence-electron chi connectivity index (χ2n) is 5.58. The highest BCUT2D eigenvalue weighted by atomic mass is 32.2. The molecule has 110 valence electrons. The third-order valence-electron chi connectivity index (χ3n) is 4.09. The lowest BCUT2D eigenvalue weighted by Gasteiger charge is -2.42. The first-order chi connectivity index (χ1) is 9.61. The van der Waals surface area contributed by atoms with E-state index in [1.165, 1.54) is 10.5 Å². The van der Waals surface area contributed by atoms with Crippen molar-refractivity contribution < 1.29 is 9.53 Å². The van der Waals surface area contributed by atoms with Gasteiger partial charge < -0.3 is 9.64 Å². The van der Waals surface area contributed by atoms with Crippen molar-refractivity contribution in [1.29, 1.82) is 0 Å². The molecule has 1 saturated carbocycles. The zero-order valence-corrected chi connectivity index (χ0v) is 13.3. The van der Waals surface area contributed by atoms with E-state index in [4.69, 9.17) is 4.74 Å². The normalized spacial score (nSPS) is 16.6. The molecular weight excluding hydrogens is 270 g/mol. The van der Waals surface area contributed by atoms with E-state index in [0.717, 1.165) is 19.3 Å². The van der Waals surface area contributed by atoms with Gasteiger partial charge in [-0.1, -0.05) is 18.6 Å². The van der Waals surface area contributed by atoms with Gasteiger partial charge in [0.05, 0.1) is 12.0 Å². The average Bonchev–Trinajstić information content (AvgIpc) is 2.42. The Kier molecular flexibility index (Phi) is 5.11. The predicted molar refractivity (Wildman–Crippen MR) is 82.9 cm³/mol. The summed E-state index contributed by atoms with van der Waals surface area (Å²) >= 11 is 1.72. The zero-order valence-electron chi connectivity index (χ0n) is 12.5. The quantitative estimate of drug-likeness (QED) is 0.754. The summed E-state index contributed by atoms with van der Waals surface area (Å²) in [5, 5.41) is 0. The number of methoxy groups -OCH3 is 1. The zero-order chi connectivity index (χ0) is 14.6. The third-order valence-corrected chi connectivity index (χ3v) is 4.81. The van der Waals surface area contributed by atoms with E-state index in [1.54, 1.807) is 18.9 Å². The van der Waals surface area contributed by atoms with Crippen LogP contribution in [0.1, 0.15) is 24.8 Å². The van der Waals surface area contributed by atoms with Crippen molar-refractivity contribution in [1.82, 2.24) is 4.90 Å². The Morgan fingerprint density at radius 3 is 2.75 bits per heavy atom. The maximum Gasteiger partial charge on any atom is 0.231 e. The smallest absolute Gasteiger partial charge is 0.231 e. The van der Waals surface area contributed by atoms with E-state index in [-0.39, 0.29) is 11.3 Å². The molecule has 1 aliphatic carbocycles. The Balaban J connectivity index is 2.03. The highest BCUT2D eigenvalue weighted by Crippen LogP contribution is 2.42. The molecule has 0 saturated heterocycles. The van der Waals surface area contributed by atoms with E-state index < -0.39 is 0 Å². The van der Waals surface area contributed by atoms with E-state index in [2.05, 4.69) is 24.5 Å². The molecule has 0 bridgehead atoms. The number of hydrogen-bond donors (Lipinski definition) is 0. The molecule has 0 unspecified atom stereocenters. The van der Waals surface area contributed by atoms with Crippen molar-refractivity contribution in [2.45, 2.75) is 30.7 Å². The summed E-state index contributed by atoms with van der Waals surface area (Å²) in [5.41, 5.74) is 0.917. The summed E-state index contributed by atoms with van der Waals surface area (Å²) in [6.07, 6.45) is 5.10. The Hall–Kier alpha value is -1.00. The van der Waals surface area contributed by atoms with Crippen LogP contribution >= 0.6 is 11.8 Å². The van der Waals surface area contributed by atoms with Gasteiger partial charge in [-0.15, -0.1) is 11.8 Å². The number of rotatable bonds is 6. The number of ether oxygens (including phenoxy) is 1. The van der Waals surface area contributed by atoms with Gasteiger partial charge in [0.1, 0.15) is 0 Å². The summed E-state index contributed by atoms with van der Waals surface area (Å²) in [4.78, 5) is 15.7. The maximum absolute atomic E-state index is 12.6. The Labute approximate surface area is 125 Å². The van der Waals surface area contributed by atoms with E-state index >= 15 is 0 Å². The molecule has 0 atom stereocenters. The van der Waals surface area contributed by atoms with Crippen molar-refractivity contribution in [3.63, 3.8) is 0 Å². The first kappa shape index (κ1) is 15.4. The molecule has 1 amide bonds. The lowest BCUT2D eigenvalue weighted by Crippen LogP contribution is -2.48. The number of hydrogen-bond acceptors (Lipinski definition) is 3. The van der Waals surface area contributed by atoms with Crippen LogP contribution in [0, 0.1) is 5.41 Å². The van der Waals surface area contributed by atoms with Gasteiger partial charge in [0, 0.05) is 25.6 Å². The lowest BCUT2D eigenvalue weighted by atomic mass is 9.68. The summed E-state index contributed by atoms with van der Waals surface area (Å²) in [5.74, 6) is 0.222. The standard InChI is InChI=1S/C16H23NO2S/c1-17(11-13-6-4-7-14(10-13)20-3)15(18)16(12-19-2)8-5-9-16/h4,6-7,10H,5,8-9,11-12H2,1-3H3. The summed E-state index contributed by atoms with van der Waals surface area (Å²) in [7, 11) is 3.57. The fraction of sp³-hybridized carbons (Fsp3) is 0.562. The van der Waals surface area contributed by atoms with Crippen LogP contribution in [-0.4, -0.2) is 37.8 Å². The minimum absolute atomic E-state index is 0.222. The lowest BCUT2D eigenvalue weighted by molar-refractivity contribution is -0.151. The van der Waals surface area contributed by atoms with Crippen LogP contribution in [0.4, 0.5) is 0 Å². The van der Waals surface area contributed by atoms with Crippen LogP contribution < -0.4 is 0 Å². The molecule has 0 spiro atoms. The van der Waals surface area contributed by atoms with Crippen molar-refractivity contribution in [3.8, 4) is 0 Å². The van der Waals surface area contributed by atoms with Gasteiger partial charge in [-0.05, 0) is 36.8 Å².